The Morgan fingerprint density at radius 1 is 1.25 bits per heavy atom. The van der Waals surface area contributed by atoms with E-state index in [0.717, 1.165) is 10.5 Å². The molecule has 154 valence electrons. The number of aryl methyl sites for hydroxylation is 1. The first-order chi connectivity index (χ1) is 13.1. The predicted octanol–water partition coefficient (Wildman–Crippen LogP) is 0.783. The topological polar surface area (TPSA) is 122 Å². The zero-order valence-electron chi connectivity index (χ0n) is 16.1. The number of hydrogen-bond acceptors (Lipinski definition) is 6. The fourth-order valence-corrected chi connectivity index (χ4v) is 3.86. The number of esters is 1. The van der Waals surface area contributed by atoms with Gasteiger partial charge in [-0.25, -0.2) is 13.2 Å². The van der Waals surface area contributed by atoms with Gasteiger partial charge in [0.05, 0.1) is 4.90 Å². The maximum atomic E-state index is 12.6. The Labute approximate surface area is 164 Å². The van der Waals surface area contributed by atoms with Crippen LogP contribution in [0.4, 0.5) is 4.79 Å². The lowest BCUT2D eigenvalue weighted by Gasteiger charge is -2.20. The Kier molecular flexibility index (Phi) is 7.14. The minimum atomic E-state index is -3.94. The first-order valence-electron chi connectivity index (χ1n) is 8.94. The van der Waals surface area contributed by atoms with Gasteiger partial charge in [0.2, 0.25) is 10.0 Å². The zero-order valence-corrected chi connectivity index (χ0v) is 16.9. The average Bonchev–Trinajstić information content (AvgIpc) is 3.04. The molecule has 9 nitrogen and oxygen atoms in total. The quantitative estimate of drug-likeness (QED) is 0.610. The van der Waals surface area contributed by atoms with E-state index >= 15 is 0 Å². The van der Waals surface area contributed by atoms with Crippen molar-refractivity contribution < 1.29 is 27.5 Å². The van der Waals surface area contributed by atoms with Gasteiger partial charge < -0.3 is 10.1 Å². The van der Waals surface area contributed by atoms with Crippen LogP contribution in [0, 0.1) is 12.8 Å². The minimum Gasteiger partial charge on any atom is -0.454 e. The lowest BCUT2D eigenvalue weighted by atomic mass is 10.1. The van der Waals surface area contributed by atoms with Crippen molar-refractivity contribution in [2.45, 2.75) is 38.1 Å². The van der Waals surface area contributed by atoms with Gasteiger partial charge >= 0.3 is 12.0 Å². The average molecular weight is 411 g/mol. The molecule has 0 spiro atoms. The molecule has 1 fully saturated rings. The van der Waals surface area contributed by atoms with Gasteiger partial charge in [0, 0.05) is 13.1 Å². The second-order valence-corrected chi connectivity index (χ2v) is 8.72. The lowest BCUT2D eigenvalue weighted by molar-refractivity contribution is -0.152. The highest BCUT2D eigenvalue weighted by Gasteiger charge is 2.30. The standard InChI is InChI=1S/C18H25N3O6S/c1-12(2)10-15(20-28(25,26)14-6-4-13(3)5-7-14)17(23)27-11-16(22)21-9-8-19-18(21)24/h4-7,12,15,20H,8-11H2,1-3H3,(H,19,24)/t15-/m1/s1. The van der Waals surface area contributed by atoms with Gasteiger partial charge in [-0.1, -0.05) is 31.5 Å². The molecule has 1 aromatic carbocycles. The van der Waals surface area contributed by atoms with Crippen LogP contribution in [0.25, 0.3) is 0 Å². The number of carbonyl (C=O) groups excluding carboxylic acids is 3. The van der Waals surface area contributed by atoms with E-state index in [4.69, 9.17) is 4.74 Å². The molecule has 0 aliphatic carbocycles. The van der Waals surface area contributed by atoms with E-state index in [0.29, 0.717) is 6.54 Å². The summed E-state index contributed by atoms with van der Waals surface area (Å²) < 4.78 is 32.5. The zero-order chi connectivity index (χ0) is 20.9. The van der Waals surface area contributed by atoms with Crippen molar-refractivity contribution in [3.8, 4) is 0 Å². The van der Waals surface area contributed by atoms with E-state index in [1.54, 1.807) is 12.1 Å². The lowest BCUT2D eigenvalue weighted by Crippen LogP contribution is -2.44. The van der Waals surface area contributed by atoms with Crippen molar-refractivity contribution in [1.29, 1.82) is 0 Å². The Morgan fingerprint density at radius 3 is 2.43 bits per heavy atom. The van der Waals surface area contributed by atoms with Crippen LogP contribution < -0.4 is 10.0 Å². The number of benzene rings is 1. The Bertz CT molecular complexity index is 835. The van der Waals surface area contributed by atoms with Crippen LogP contribution in [0.1, 0.15) is 25.8 Å². The van der Waals surface area contributed by atoms with Crippen LogP contribution in [0.5, 0.6) is 0 Å². The third-order valence-electron chi connectivity index (χ3n) is 4.12. The van der Waals surface area contributed by atoms with Gasteiger partial charge in [0.25, 0.3) is 5.91 Å². The number of nitrogens with one attached hydrogen (secondary N) is 2. The monoisotopic (exact) mass is 411 g/mol. The molecule has 1 atom stereocenters. The van der Waals surface area contributed by atoms with Crippen molar-refractivity contribution >= 4 is 27.9 Å². The second-order valence-electron chi connectivity index (χ2n) is 7.00. The summed E-state index contributed by atoms with van der Waals surface area (Å²) in [5.74, 6) is -1.52. The summed E-state index contributed by atoms with van der Waals surface area (Å²) in [6, 6.07) is 4.52. The maximum absolute atomic E-state index is 12.6. The summed E-state index contributed by atoms with van der Waals surface area (Å²) in [6.07, 6.45) is 0.197. The van der Waals surface area contributed by atoms with Gasteiger partial charge in [-0.2, -0.15) is 4.72 Å². The van der Waals surface area contributed by atoms with Gasteiger partial charge in [0.1, 0.15) is 6.04 Å². The van der Waals surface area contributed by atoms with E-state index < -0.39 is 40.6 Å². The molecule has 1 saturated heterocycles. The van der Waals surface area contributed by atoms with Crippen LogP contribution in [-0.2, 0) is 24.3 Å². The molecule has 10 heteroatoms. The van der Waals surface area contributed by atoms with E-state index in [1.165, 1.54) is 12.1 Å². The fourth-order valence-electron chi connectivity index (χ4n) is 2.66. The van der Waals surface area contributed by atoms with Crippen LogP contribution in [0.3, 0.4) is 0 Å². The highest BCUT2D eigenvalue weighted by atomic mass is 32.2. The van der Waals surface area contributed by atoms with Gasteiger partial charge in [-0.05, 0) is 31.4 Å². The number of sulfonamides is 1. The van der Waals surface area contributed by atoms with Crippen LogP contribution >= 0.6 is 0 Å². The van der Waals surface area contributed by atoms with E-state index in [-0.39, 0.29) is 23.8 Å². The van der Waals surface area contributed by atoms with Crippen molar-refractivity contribution in [3.63, 3.8) is 0 Å². The smallest absolute Gasteiger partial charge is 0.324 e. The van der Waals surface area contributed by atoms with Crippen molar-refractivity contribution in [3.05, 3.63) is 29.8 Å². The van der Waals surface area contributed by atoms with Gasteiger partial charge in [-0.3, -0.25) is 14.5 Å². The molecular weight excluding hydrogens is 386 g/mol. The molecule has 3 amide bonds. The Morgan fingerprint density at radius 2 is 1.89 bits per heavy atom. The molecule has 1 aliphatic heterocycles. The number of amides is 3. The van der Waals surface area contributed by atoms with Crippen molar-refractivity contribution in [2.24, 2.45) is 5.92 Å². The summed E-state index contributed by atoms with van der Waals surface area (Å²) >= 11 is 0. The van der Waals surface area contributed by atoms with Crippen molar-refractivity contribution in [1.82, 2.24) is 14.9 Å². The Balaban J connectivity index is 2.05. The molecule has 1 heterocycles. The third kappa shape index (κ3) is 5.77. The minimum absolute atomic E-state index is 0.00155. The van der Waals surface area contributed by atoms with Crippen LogP contribution in [0.2, 0.25) is 0 Å². The molecular formula is C18H25N3O6S. The first-order valence-corrected chi connectivity index (χ1v) is 10.4. The second kappa shape index (κ2) is 9.16. The summed E-state index contributed by atoms with van der Waals surface area (Å²) in [6.45, 7) is 5.41. The molecule has 0 bridgehead atoms. The number of nitrogens with zero attached hydrogens (tertiary/aromatic N) is 1. The summed E-state index contributed by atoms with van der Waals surface area (Å²) in [4.78, 5) is 36.9. The number of imide groups is 1. The van der Waals surface area contributed by atoms with E-state index in [1.807, 2.05) is 20.8 Å². The Hall–Kier alpha value is -2.46. The number of rotatable bonds is 8. The van der Waals surface area contributed by atoms with E-state index in [9.17, 15) is 22.8 Å². The number of hydrogen-bond donors (Lipinski definition) is 2. The summed E-state index contributed by atoms with van der Waals surface area (Å²) in [7, 11) is -3.94. The number of urea groups is 1. The predicted molar refractivity (Wildman–Crippen MR) is 101 cm³/mol. The molecule has 0 unspecified atom stereocenters. The molecule has 2 N–H and O–H groups in total. The van der Waals surface area contributed by atoms with Crippen LogP contribution in [0.15, 0.2) is 29.2 Å². The highest BCUT2D eigenvalue weighted by molar-refractivity contribution is 7.89. The fraction of sp³-hybridized carbons (Fsp3) is 0.500. The molecule has 28 heavy (non-hydrogen) atoms. The molecule has 0 aromatic heterocycles. The number of carbonyl (C=O) groups is 3. The first kappa shape index (κ1) is 21.8. The highest BCUT2D eigenvalue weighted by Crippen LogP contribution is 2.14. The summed E-state index contributed by atoms with van der Waals surface area (Å²) in [5, 5.41) is 2.47. The van der Waals surface area contributed by atoms with Crippen LogP contribution in [-0.4, -0.2) is 57.0 Å². The van der Waals surface area contributed by atoms with E-state index in [2.05, 4.69) is 10.0 Å². The van der Waals surface area contributed by atoms with Gasteiger partial charge in [0.15, 0.2) is 6.61 Å². The van der Waals surface area contributed by atoms with Crippen molar-refractivity contribution in [2.75, 3.05) is 19.7 Å². The molecule has 1 aliphatic rings. The normalized spacial score (nSPS) is 15.4. The number of ether oxygens (including phenoxy) is 1. The molecule has 2 rings (SSSR count). The summed E-state index contributed by atoms with van der Waals surface area (Å²) in [5.41, 5.74) is 0.904. The molecule has 1 aromatic rings. The molecule has 0 saturated carbocycles. The largest absolute Gasteiger partial charge is 0.454 e. The van der Waals surface area contributed by atoms with Gasteiger partial charge in [-0.15, -0.1) is 0 Å². The molecule has 0 radical (unpaired) electrons. The third-order valence-corrected chi connectivity index (χ3v) is 5.60. The SMILES string of the molecule is Cc1ccc(S(=O)(=O)N[C@H](CC(C)C)C(=O)OCC(=O)N2CCNC2=O)cc1. The maximum Gasteiger partial charge on any atom is 0.324 e.